The van der Waals surface area contributed by atoms with Crippen LogP contribution in [0.1, 0.15) is 36.6 Å². The highest BCUT2D eigenvalue weighted by molar-refractivity contribution is 7.89. The van der Waals surface area contributed by atoms with Gasteiger partial charge < -0.3 is 0 Å². The number of nitro groups is 1. The third kappa shape index (κ3) is 4.68. The summed E-state index contributed by atoms with van der Waals surface area (Å²) in [6.45, 7) is 0.0791. The fraction of sp³-hybridized carbons (Fsp3) is 0.438. The molecule has 1 heterocycles. The van der Waals surface area contributed by atoms with E-state index in [1.165, 1.54) is 22.9 Å². The number of nitrogens with zero attached hydrogens (tertiary/aromatic N) is 3. The number of hydrogen-bond donors (Lipinski definition) is 1. The summed E-state index contributed by atoms with van der Waals surface area (Å²) in [6.07, 6.45) is -2.70. The minimum atomic E-state index is -4.53. The molecule has 1 aliphatic carbocycles. The molecule has 0 spiro atoms. The van der Waals surface area contributed by atoms with E-state index in [1.807, 2.05) is 0 Å². The minimum Gasteiger partial charge on any atom is -0.269 e. The molecular formula is C16H17F3N4O4S. The van der Waals surface area contributed by atoms with Gasteiger partial charge in [-0.15, -0.1) is 0 Å². The Morgan fingerprint density at radius 3 is 2.61 bits per heavy atom. The standard InChI is InChI=1S/C16H17F3N4O4S/c17-16(18,19)15-10-14(11-5-6-11)22(21-15)8-2-7-20-28(26,27)13-4-1-3-12(9-13)23(24)25/h1,3-4,9-11,20H,2,5-8H2. The van der Waals surface area contributed by atoms with Crippen LogP contribution >= 0.6 is 0 Å². The van der Waals surface area contributed by atoms with Crippen molar-refractivity contribution in [1.82, 2.24) is 14.5 Å². The van der Waals surface area contributed by atoms with Gasteiger partial charge in [0.05, 0.1) is 9.82 Å². The van der Waals surface area contributed by atoms with E-state index in [2.05, 4.69) is 9.82 Å². The van der Waals surface area contributed by atoms with Crippen molar-refractivity contribution in [1.29, 1.82) is 0 Å². The van der Waals surface area contributed by atoms with Crippen LogP contribution in [0, 0.1) is 10.1 Å². The van der Waals surface area contributed by atoms with E-state index in [0.29, 0.717) is 5.69 Å². The Kier molecular flexibility index (Phi) is 5.44. The number of halogens is 3. The molecule has 2 aromatic rings. The average molecular weight is 418 g/mol. The number of alkyl halides is 3. The Bertz CT molecular complexity index is 984. The second kappa shape index (κ2) is 7.51. The Labute approximate surface area is 158 Å². The van der Waals surface area contributed by atoms with E-state index >= 15 is 0 Å². The third-order valence-corrected chi connectivity index (χ3v) is 5.73. The molecule has 1 fully saturated rings. The van der Waals surface area contributed by atoms with Crippen LogP contribution < -0.4 is 4.72 Å². The lowest BCUT2D eigenvalue weighted by Gasteiger charge is -2.09. The van der Waals surface area contributed by atoms with Crippen molar-refractivity contribution in [3.05, 3.63) is 51.8 Å². The van der Waals surface area contributed by atoms with Crippen molar-refractivity contribution in [2.75, 3.05) is 6.54 Å². The summed E-state index contributed by atoms with van der Waals surface area (Å²) in [5.74, 6) is 0.0603. The first-order valence-electron chi connectivity index (χ1n) is 8.47. The average Bonchev–Trinajstić information content (AvgIpc) is 3.37. The van der Waals surface area contributed by atoms with E-state index in [9.17, 15) is 31.7 Å². The molecule has 0 bridgehead atoms. The SMILES string of the molecule is O=[N+]([O-])c1cccc(S(=O)(=O)NCCCn2nc(C(F)(F)F)cc2C2CC2)c1. The Hall–Kier alpha value is -2.47. The zero-order chi connectivity index (χ0) is 20.5. The Morgan fingerprint density at radius 2 is 2.00 bits per heavy atom. The molecule has 152 valence electrons. The van der Waals surface area contributed by atoms with Gasteiger partial charge in [0.15, 0.2) is 5.69 Å². The number of non-ortho nitro benzene ring substituents is 1. The van der Waals surface area contributed by atoms with Crippen LogP contribution in [0.4, 0.5) is 18.9 Å². The van der Waals surface area contributed by atoms with Crippen LogP contribution in [-0.4, -0.2) is 29.7 Å². The maximum atomic E-state index is 12.9. The highest BCUT2D eigenvalue weighted by Gasteiger charge is 2.37. The summed E-state index contributed by atoms with van der Waals surface area (Å²) in [4.78, 5) is 9.81. The molecule has 1 aromatic carbocycles. The van der Waals surface area contributed by atoms with Gasteiger partial charge in [0.1, 0.15) is 0 Å². The summed E-state index contributed by atoms with van der Waals surface area (Å²) < 4.78 is 66.7. The number of rotatable bonds is 8. The fourth-order valence-electron chi connectivity index (χ4n) is 2.74. The van der Waals surface area contributed by atoms with Crippen LogP contribution in [-0.2, 0) is 22.7 Å². The predicted molar refractivity (Wildman–Crippen MR) is 92.1 cm³/mol. The molecule has 12 heteroatoms. The fourth-order valence-corrected chi connectivity index (χ4v) is 3.85. The topological polar surface area (TPSA) is 107 Å². The molecule has 0 amide bonds. The first-order chi connectivity index (χ1) is 13.1. The molecule has 0 radical (unpaired) electrons. The van der Waals surface area contributed by atoms with Crippen molar-refractivity contribution in [2.24, 2.45) is 0 Å². The van der Waals surface area contributed by atoms with E-state index in [4.69, 9.17) is 0 Å². The second-order valence-electron chi connectivity index (χ2n) is 6.46. The molecule has 28 heavy (non-hydrogen) atoms. The smallest absolute Gasteiger partial charge is 0.269 e. The molecule has 0 unspecified atom stereocenters. The van der Waals surface area contributed by atoms with Crippen molar-refractivity contribution in [3.63, 3.8) is 0 Å². The van der Waals surface area contributed by atoms with Gasteiger partial charge in [-0.1, -0.05) is 6.07 Å². The summed E-state index contributed by atoms with van der Waals surface area (Å²) in [5.41, 5.74) is -0.798. The highest BCUT2D eigenvalue weighted by atomic mass is 32.2. The molecule has 1 N–H and O–H groups in total. The zero-order valence-electron chi connectivity index (χ0n) is 14.5. The normalized spacial score (nSPS) is 15.0. The van der Waals surface area contributed by atoms with Crippen molar-refractivity contribution in [2.45, 2.75) is 42.8 Å². The maximum absolute atomic E-state index is 12.9. The first-order valence-corrected chi connectivity index (χ1v) is 9.95. The number of hydrogen-bond acceptors (Lipinski definition) is 5. The van der Waals surface area contributed by atoms with Gasteiger partial charge in [0, 0.05) is 36.8 Å². The van der Waals surface area contributed by atoms with E-state index < -0.39 is 26.8 Å². The van der Waals surface area contributed by atoms with Gasteiger partial charge >= 0.3 is 6.18 Å². The number of benzene rings is 1. The van der Waals surface area contributed by atoms with E-state index in [0.717, 1.165) is 25.0 Å². The Morgan fingerprint density at radius 1 is 1.29 bits per heavy atom. The van der Waals surface area contributed by atoms with E-state index in [1.54, 1.807) is 0 Å². The molecule has 0 aliphatic heterocycles. The molecular weight excluding hydrogens is 401 g/mol. The van der Waals surface area contributed by atoms with Gasteiger partial charge in [-0.2, -0.15) is 18.3 Å². The van der Waals surface area contributed by atoms with Crippen LogP contribution in [0.25, 0.3) is 0 Å². The van der Waals surface area contributed by atoms with Crippen LogP contribution in [0.15, 0.2) is 35.2 Å². The third-order valence-electron chi connectivity index (χ3n) is 4.27. The maximum Gasteiger partial charge on any atom is 0.435 e. The van der Waals surface area contributed by atoms with Gasteiger partial charge in [0.2, 0.25) is 10.0 Å². The molecule has 8 nitrogen and oxygen atoms in total. The van der Waals surface area contributed by atoms with E-state index in [-0.39, 0.29) is 36.0 Å². The highest BCUT2D eigenvalue weighted by Crippen LogP contribution is 2.42. The second-order valence-corrected chi connectivity index (χ2v) is 8.22. The number of nitro benzene ring substituents is 1. The summed E-state index contributed by atoms with van der Waals surface area (Å²) in [7, 11) is -3.97. The number of sulfonamides is 1. The van der Waals surface area contributed by atoms with Gasteiger partial charge in [-0.25, -0.2) is 13.1 Å². The first kappa shape index (κ1) is 20.3. The summed E-state index contributed by atoms with van der Waals surface area (Å²) >= 11 is 0. The predicted octanol–water partition coefficient (Wildman–Crippen LogP) is 3.06. The van der Waals surface area contributed by atoms with Crippen LogP contribution in [0.2, 0.25) is 0 Å². The zero-order valence-corrected chi connectivity index (χ0v) is 15.3. The van der Waals surface area contributed by atoms with Crippen molar-refractivity contribution in [3.8, 4) is 0 Å². The van der Waals surface area contributed by atoms with Crippen LogP contribution in [0.5, 0.6) is 0 Å². The number of aryl methyl sites for hydroxylation is 1. The molecule has 1 saturated carbocycles. The molecule has 0 atom stereocenters. The monoisotopic (exact) mass is 418 g/mol. The van der Waals surface area contributed by atoms with Crippen molar-refractivity contribution < 1.29 is 26.5 Å². The quantitative estimate of drug-likeness (QED) is 0.403. The number of nitrogens with one attached hydrogen (secondary N) is 1. The van der Waals surface area contributed by atoms with Crippen LogP contribution in [0.3, 0.4) is 0 Å². The summed E-state index contributed by atoms with van der Waals surface area (Å²) in [6, 6.07) is 5.65. The molecule has 3 rings (SSSR count). The molecule has 1 aromatic heterocycles. The lowest BCUT2D eigenvalue weighted by atomic mass is 10.2. The van der Waals surface area contributed by atoms with Gasteiger partial charge in [0.25, 0.3) is 5.69 Å². The lowest BCUT2D eigenvalue weighted by molar-refractivity contribution is -0.385. The molecule has 0 saturated heterocycles. The van der Waals surface area contributed by atoms with Crippen molar-refractivity contribution >= 4 is 15.7 Å². The molecule has 1 aliphatic rings. The number of aromatic nitrogens is 2. The van der Waals surface area contributed by atoms with Gasteiger partial charge in [-0.3, -0.25) is 14.8 Å². The largest absolute Gasteiger partial charge is 0.435 e. The minimum absolute atomic E-state index is 0.0453. The lowest BCUT2D eigenvalue weighted by Crippen LogP contribution is -2.26. The Balaban J connectivity index is 1.62. The summed E-state index contributed by atoms with van der Waals surface area (Å²) in [5, 5.41) is 14.4. The van der Waals surface area contributed by atoms with Gasteiger partial charge in [-0.05, 0) is 31.4 Å².